The molecule has 0 spiro atoms. The van der Waals surface area contributed by atoms with Crippen LogP contribution in [0.25, 0.3) is 0 Å². The van der Waals surface area contributed by atoms with Gasteiger partial charge in [-0.3, -0.25) is 9.59 Å². The van der Waals surface area contributed by atoms with Crippen molar-refractivity contribution in [1.29, 1.82) is 0 Å². The number of ether oxygens (including phenoxy) is 1. The number of hydrogen-bond acceptors (Lipinski definition) is 7. The lowest BCUT2D eigenvalue weighted by Gasteiger charge is -2.23. The van der Waals surface area contributed by atoms with Gasteiger partial charge < -0.3 is 24.4 Å². The first-order valence-electron chi connectivity index (χ1n) is 11.7. The number of nitrogens with one attached hydrogen (secondary N) is 1. The summed E-state index contributed by atoms with van der Waals surface area (Å²) in [5.74, 6) is -1.52. The Morgan fingerprint density at radius 1 is 1.13 bits per heavy atom. The molecule has 10 nitrogen and oxygen atoms in total. The predicted octanol–water partition coefficient (Wildman–Crippen LogP) is 3.24. The zero-order chi connectivity index (χ0) is 27.8. The summed E-state index contributed by atoms with van der Waals surface area (Å²) in [6.45, 7) is 6.16. The van der Waals surface area contributed by atoms with E-state index in [4.69, 9.17) is 21.5 Å². The first-order valence-corrected chi connectivity index (χ1v) is 13.3. The number of amides is 3. The monoisotopic (exact) mass is 563 g/mol. The fourth-order valence-corrected chi connectivity index (χ4v) is 4.63. The predicted molar refractivity (Wildman–Crippen MR) is 139 cm³/mol. The van der Waals surface area contributed by atoms with Gasteiger partial charge in [-0.2, -0.15) is 0 Å². The quantitative estimate of drug-likeness (QED) is 0.323. The summed E-state index contributed by atoms with van der Waals surface area (Å²) < 4.78 is 31.2. The summed E-state index contributed by atoms with van der Waals surface area (Å²) in [6, 6.07) is 6.76. The maximum atomic E-state index is 14.4. The van der Waals surface area contributed by atoms with E-state index < -0.39 is 34.6 Å². The summed E-state index contributed by atoms with van der Waals surface area (Å²) in [4.78, 5) is 45.3. The molecule has 1 aromatic heterocycles. The van der Waals surface area contributed by atoms with E-state index in [-0.39, 0.29) is 54.3 Å². The second-order valence-corrected chi connectivity index (χ2v) is 11.5. The number of aromatic nitrogens is 1. The maximum absolute atomic E-state index is 14.4. The Morgan fingerprint density at radius 3 is 2.34 bits per heavy atom. The fraction of sp³-hybridized carbons (Fsp3) is 0.360. The molecule has 0 radical (unpaired) electrons. The average Bonchev–Trinajstić information content (AvgIpc) is 3.42. The van der Waals surface area contributed by atoms with E-state index in [0.717, 1.165) is 17.2 Å². The van der Waals surface area contributed by atoms with Gasteiger partial charge in [0.05, 0.1) is 22.6 Å². The van der Waals surface area contributed by atoms with Crippen molar-refractivity contribution >= 4 is 46.6 Å². The number of nitrogens with zero attached hydrogens (tertiary/aromatic N) is 3. The normalized spacial score (nSPS) is 16.0. The summed E-state index contributed by atoms with van der Waals surface area (Å²) in [5.41, 5.74) is 1.71. The van der Waals surface area contributed by atoms with Gasteiger partial charge in [0.1, 0.15) is 23.3 Å². The number of carbonyl (C=O) groups is 3. The van der Waals surface area contributed by atoms with E-state index in [9.17, 15) is 23.3 Å². The molecule has 1 unspecified atom stereocenters. The Balaban J connectivity index is 1.33. The van der Waals surface area contributed by atoms with Gasteiger partial charge in [0.15, 0.2) is 4.90 Å². The van der Waals surface area contributed by atoms with Gasteiger partial charge in [0.25, 0.3) is 5.91 Å². The molecule has 0 bridgehead atoms. The molecular weight excluding hydrogens is 537 g/mol. The van der Waals surface area contributed by atoms with Gasteiger partial charge in [-0.15, -0.1) is 5.14 Å². The zero-order valence-electron chi connectivity index (χ0n) is 21.0. The first kappa shape index (κ1) is 27.8. The molecule has 2 aliphatic heterocycles. The smallest absolute Gasteiger partial charge is 0.410 e. The van der Waals surface area contributed by atoms with Crippen molar-refractivity contribution in [2.75, 3.05) is 31.5 Å². The highest BCUT2D eigenvalue weighted by Gasteiger charge is 2.36. The highest BCUT2D eigenvalue weighted by molar-refractivity contribution is 7.89. The van der Waals surface area contributed by atoms with Gasteiger partial charge in [-0.25, -0.2) is 14.2 Å². The van der Waals surface area contributed by atoms with Crippen molar-refractivity contribution in [3.05, 3.63) is 63.7 Å². The first-order chi connectivity index (χ1) is 17.8. The molecule has 2 aliphatic rings. The Hall–Kier alpha value is -3.19. The molecule has 3 N–H and O–H groups in total. The molecule has 2 aromatic rings. The third-order valence-electron chi connectivity index (χ3n) is 6.18. The van der Waals surface area contributed by atoms with E-state index in [1.54, 1.807) is 26.8 Å². The number of anilines is 1. The number of pyridine rings is 1. The third kappa shape index (κ3) is 6.09. The molecule has 0 fully saturated rings. The average molecular weight is 564 g/mol. The van der Waals surface area contributed by atoms with Gasteiger partial charge in [0, 0.05) is 37.7 Å². The zero-order valence-corrected chi connectivity index (χ0v) is 22.6. The van der Waals surface area contributed by atoms with Crippen LogP contribution in [0.4, 0.5) is 14.9 Å². The van der Waals surface area contributed by atoms with Gasteiger partial charge in [-0.1, -0.05) is 32.4 Å². The standard InChI is InChI=1S/C25H27ClFN5O5S/c1-25(2,3)23(34)30-19-6-7-21(26)29-20(19)13-37-24(35)32-11-14-9-31(10-15(14)12-32)22(33)17-5-4-16(38(28)36)8-18(17)27/h4-8H,9-13,28H2,1-3H3,(H,30,34). The van der Waals surface area contributed by atoms with Crippen LogP contribution in [0.3, 0.4) is 0 Å². The number of hydrogen-bond donors (Lipinski definition) is 2. The molecular formula is C25H27ClFN5O5S. The third-order valence-corrected chi connectivity index (χ3v) is 7.11. The van der Waals surface area contributed by atoms with Crippen LogP contribution >= 0.6 is 11.6 Å². The Kier molecular flexibility index (Phi) is 7.98. The Morgan fingerprint density at radius 2 is 1.76 bits per heavy atom. The molecule has 13 heteroatoms. The minimum Gasteiger partial charge on any atom is -0.593 e. The van der Waals surface area contributed by atoms with E-state index in [1.807, 2.05) is 0 Å². The number of benzene rings is 1. The molecule has 4 rings (SSSR count). The molecule has 3 heterocycles. The minimum absolute atomic E-state index is 0.0897. The summed E-state index contributed by atoms with van der Waals surface area (Å²) >= 11 is 4.16. The van der Waals surface area contributed by atoms with Gasteiger partial charge in [-0.05, 0) is 35.4 Å². The van der Waals surface area contributed by atoms with Crippen molar-refractivity contribution in [3.63, 3.8) is 0 Å². The number of halogens is 2. The summed E-state index contributed by atoms with van der Waals surface area (Å²) in [7, 11) is 0. The van der Waals surface area contributed by atoms with Crippen molar-refractivity contribution in [3.8, 4) is 0 Å². The Bertz CT molecular complexity index is 1310. The SMILES string of the molecule is CC(C)(C)C(=O)Nc1ccc(Cl)nc1COC(=O)N1CC2=C(C1)CN(C(=O)c1ccc([S+](N)[O-])cc1F)C2. The van der Waals surface area contributed by atoms with Crippen LogP contribution in [0.15, 0.2) is 46.4 Å². The molecule has 0 saturated carbocycles. The van der Waals surface area contributed by atoms with Crippen LogP contribution in [-0.2, 0) is 27.5 Å². The lowest BCUT2D eigenvalue weighted by molar-refractivity contribution is -0.123. The highest BCUT2D eigenvalue weighted by Crippen LogP contribution is 2.29. The van der Waals surface area contributed by atoms with E-state index >= 15 is 0 Å². The van der Waals surface area contributed by atoms with Gasteiger partial charge in [0.2, 0.25) is 5.91 Å². The second-order valence-electron chi connectivity index (χ2n) is 10.1. The Labute approximate surface area is 227 Å². The minimum atomic E-state index is -1.85. The molecule has 1 aromatic carbocycles. The maximum Gasteiger partial charge on any atom is 0.410 e. The summed E-state index contributed by atoms with van der Waals surface area (Å²) in [5, 5.41) is 8.25. The van der Waals surface area contributed by atoms with Crippen LogP contribution in [0.5, 0.6) is 0 Å². The lowest BCUT2D eigenvalue weighted by Crippen LogP contribution is -2.37. The number of nitrogens with two attached hydrogens (primary N) is 1. The van der Waals surface area contributed by atoms with Crippen LogP contribution in [0.1, 0.15) is 36.8 Å². The lowest BCUT2D eigenvalue weighted by atomic mass is 9.95. The van der Waals surface area contributed by atoms with Crippen molar-refractivity contribution in [2.24, 2.45) is 10.6 Å². The van der Waals surface area contributed by atoms with Crippen LogP contribution in [-0.4, -0.2) is 63.4 Å². The largest absolute Gasteiger partial charge is 0.593 e. The van der Waals surface area contributed by atoms with Crippen molar-refractivity contribution in [1.82, 2.24) is 14.8 Å². The highest BCUT2D eigenvalue weighted by atomic mass is 35.5. The van der Waals surface area contributed by atoms with Crippen molar-refractivity contribution < 1.29 is 28.1 Å². The second kappa shape index (κ2) is 10.9. The summed E-state index contributed by atoms with van der Waals surface area (Å²) in [6.07, 6.45) is -0.580. The molecule has 0 saturated heterocycles. The van der Waals surface area contributed by atoms with Crippen molar-refractivity contribution in [2.45, 2.75) is 32.3 Å². The molecule has 3 amide bonds. The number of carbonyl (C=O) groups excluding carboxylic acids is 3. The molecule has 1 atom stereocenters. The van der Waals surface area contributed by atoms with Crippen LogP contribution in [0, 0.1) is 11.2 Å². The van der Waals surface area contributed by atoms with E-state index in [1.165, 1.54) is 28.0 Å². The fourth-order valence-electron chi connectivity index (χ4n) is 4.05. The molecule has 0 aliphatic carbocycles. The van der Waals surface area contributed by atoms with Crippen LogP contribution in [0.2, 0.25) is 5.15 Å². The van der Waals surface area contributed by atoms with E-state index in [0.29, 0.717) is 11.4 Å². The number of rotatable bonds is 5. The molecule has 202 valence electrons. The molecule has 38 heavy (non-hydrogen) atoms. The van der Waals surface area contributed by atoms with E-state index in [2.05, 4.69) is 10.3 Å². The van der Waals surface area contributed by atoms with Gasteiger partial charge >= 0.3 is 6.09 Å². The van der Waals surface area contributed by atoms with Crippen LogP contribution < -0.4 is 10.5 Å². The topological polar surface area (TPSA) is 141 Å².